The molecule has 0 fully saturated rings. The molecule has 0 spiro atoms. The lowest BCUT2D eigenvalue weighted by Gasteiger charge is -2.12. The predicted octanol–water partition coefficient (Wildman–Crippen LogP) is 1.51. The molecule has 1 heterocycles. The van der Waals surface area contributed by atoms with Gasteiger partial charge in [0.1, 0.15) is 4.99 Å². The number of benzene rings is 1. The number of nitrogens with one attached hydrogen (secondary N) is 1. The highest BCUT2D eigenvalue weighted by Crippen LogP contribution is 2.24. The third kappa shape index (κ3) is 2.92. The minimum atomic E-state index is -3.80. The smallest absolute Gasteiger partial charge is 0.279 e. The molecular formula is C11H11ClN4O2S2. The maximum atomic E-state index is 12.3. The Morgan fingerprint density at radius 3 is 2.70 bits per heavy atom. The second kappa shape index (κ2) is 5.39. The Morgan fingerprint density at radius 2 is 2.15 bits per heavy atom. The van der Waals surface area contributed by atoms with Crippen molar-refractivity contribution in [2.45, 2.75) is 5.03 Å². The molecule has 1 aromatic heterocycles. The third-order valence-electron chi connectivity index (χ3n) is 2.54. The van der Waals surface area contributed by atoms with E-state index in [-0.39, 0.29) is 15.7 Å². The van der Waals surface area contributed by atoms with E-state index in [1.807, 2.05) is 0 Å². The zero-order valence-corrected chi connectivity index (χ0v) is 12.8. The summed E-state index contributed by atoms with van der Waals surface area (Å²) in [7, 11) is -2.27. The molecule has 0 radical (unpaired) electrons. The summed E-state index contributed by atoms with van der Waals surface area (Å²) in [6, 6.07) is 5.97. The van der Waals surface area contributed by atoms with Crippen LogP contribution in [0, 0.1) is 0 Å². The molecule has 2 rings (SSSR count). The van der Waals surface area contributed by atoms with Gasteiger partial charge in [-0.1, -0.05) is 23.8 Å². The molecule has 0 amide bonds. The van der Waals surface area contributed by atoms with Gasteiger partial charge in [-0.3, -0.25) is 9.40 Å². The Kier molecular flexibility index (Phi) is 3.98. The van der Waals surface area contributed by atoms with Crippen LogP contribution >= 0.6 is 23.8 Å². The van der Waals surface area contributed by atoms with E-state index in [1.165, 1.54) is 30.1 Å². The van der Waals surface area contributed by atoms with Crippen molar-refractivity contribution < 1.29 is 8.42 Å². The number of hydrogen-bond acceptors (Lipinski definition) is 4. The Morgan fingerprint density at radius 1 is 1.45 bits per heavy atom. The largest absolute Gasteiger partial charge is 0.389 e. The van der Waals surface area contributed by atoms with Gasteiger partial charge >= 0.3 is 0 Å². The zero-order chi connectivity index (χ0) is 14.9. The normalized spacial score (nSPS) is 11.3. The molecule has 1 aromatic carbocycles. The highest BCUT2D eigenvalue weighted by atomic mass is 35.5. The van der Waals surface area contributed by atoms with E-state index in [4.69, 9.17) is 29.6 Å². The number of thiocarbonyl (C=S) groups is 1. The van der Waals surface area contributed by atoms with Crippen molar-refractivity contribution >= 4 is 44.5 Å². The number of anilines is 1. The monoisotopic (exact) mass is 330 g/mol. The van der Waals surface area contributed by atoms with Gasteiger partial charge in [0.25, 0.3) is 10.0 Å². The molecule has 9 heteroatoms. The van der Waals surface area contributed by atoms with E-state index in [0.29, 0.717) is 10.6 Å². The molecule has 0 unspecified atom stereocenters. The van der Waals surface area contributed by atoms with Crippen LogP contribution in [0.15, 0.2) is 35.5 Å². The molecule has 6 nitrogen and oxygen atoms in total. The van der Waals surface area contributed by atoms with Crippen LogP contribution in [0.2, 0.25) is 5.02 Å². The lowest BCUT2D eigenvalue weighted by molar-refractivity contribution is 0.582. The molecule has 3 N–H and O–H groups in total. The van der Waals surface area contributed by atoms with Crippen LogP contribution in [0.4, 0.5) is 5.69 Å². The zero-order valence-electron chi connectivity index (χ0n) is 10.4. The molecule has 0 atom stereocenters. The van der Waals surface area contributed by atoms with Crippen molar-refractivity contribution in [3.05, 3.63) is 41.0 Å². The summed E-state index contributed by atoms with van der Waals surface area (Å²) in [5.41, 5.74) is 6.19. The summed E-state index contributed by atoms with van der Waals surface area (Å²) in [6.07, 6.45) is 1.39. The highest BCUT2D eigenvalue weighted by Gasteiger charge is 2.20. The summed E-state index contributed by atoms with van der Waals surface area (Å²) in [4.78, 5) is 0.0735. The summed E-state index contributed by atoms with van der Waals surface area (Å²) in [6.45, 7) is 0. The summed E-state index contributed by atoms with van der Waals surface area (Å²) >= 11 is 10.8. The van der Waals surface area contributed by atoms with Gasteiger partial charge in [-0.25, -0.2) is 0 Å². The number of halogens is 1. The van der Waals surface area contributed by atoms with E-state index in [2.05, 4.69) is 9.82 Å². The van der Waals surface area contributed by atoms with Crippen molar-refractivity contribution in [2.24, 2.45) is 12.8 Å². The SMILES string of the molecule is Cn1nccc1S(=O)(=O)Nc1cc(Cl)ccc1C(N)=S. The fraction of sp³-hybridized carbons (Fsp3) is 0.0909. The average Bonchev–Trinajstić information content (AvgIpc) is 2.75. The van der Waals surface area contributed by atoms with Gasteiger partial charge in [0.15, 0.2) is 5.03 Å². The fourth-order valence-electron chi connectivity index (χ4n) is 1.64. The molecule has 0 saturated carbocycles. The van der Waals surface area contributed by atoms with Gasteiger partial charge in [0.2, 0.25) is 0 Å². The summed E-state index contributed by atoms with van der Waals surface area (Å²) < 4.78 is 28.2. The highest BCUT2D eigenvalue weighted by molar-refractivity contribution is 7.92. The predicted molar refractivity (Wildman–Crippen MR) is 81.4 cm³/mol. The van der Waals surface area contributed by atoms with Crippen LogP contribution in [-0.2, 0) is 17.1 Å². The standard InChI is InChI=1S/C11H11ClN4O2S2/c1-16-10(4-5-14-16)20(17,18)15-9-6-7(12)2-3-8(9)11(13)19/h2-6,15H,1H3,(H2,13,19). The Balaban J connectivity index is 2.47. The topological polar surface area (TPSA) is 90.0 Å². The first-order valence-electron chi connectivity index (χ1n) is 5.41. The van der Waals surface area contributed by atoms with Crippen LogP contribution in [0.5, 0.6) is 0 Å². The number of rotatable bonds is 4. The second-order valence-electron chi connectivity index (χ2n) is 3.95. The summed E-state index contributed by atoms with van der Waals surface area (Å²) in [5, 5.41) is 4.21. The number of nitrogens with zero attached hydrogens (tertiary/aromatic N) is 2. The first kappa shape index (κ1) is 14.8. The third-order valence-corrected chi connectivity index (χ3v) is 4.44. The molecule has 20 heavy (non-hydrogen) atoms. The van der Waals surface area contributed by atoms with Crippen molar-refractivity contribution in [3.8, 4) is 0 Å². The van der Waals surface area contributed by atoms with Crippen LogP contribution in [0.3, 0.4) is 0 Å². The van der Waals surface area contributed by atoms with Crippen LogP contribution in [0.1, 0.15) is 5.56 Å². The fourth-order valence-corrected chi connectivity index (χ4v) is 3.19. The van der Waals surface area contributed by atoms with Gasteiger partial charge in [0.05, 0.1) is 11.9 Å². The van der Waals surface area contributed by atoms with Crippen molar-refractivity contribution in [1.82, 2.24) is 9.78 Å². The van der Waals surface area contributed by atoms with Gasteiger partial charge in [-0.05, 0) is 24.3 Å². The molecule has 0 bridgehead atoms. The van der Waals surface area contributed by atoms with E-state index >= 15 is 0 Å². The van der Waals surface area contributed by atoms with Crippen LogP contribution in [-0.4, -0.2) is 23.2 Å². The molecule has 0 aliphatic carbocycles. The average molecular weight is 331 g/mol. The second-order valence-corrected chi connectivity index (χ2v) is 6.46. The van der Waals surface area contributed by atoms with E-state index < -0.39 is 10.0 Å². The Hall–Kier alpha value is -1.64. The van der Waals surface area contributed by atoms with E-state index in [9.17, 15) is 8.42 Å². The maximum absolute atomic E-state index is 12.3. The number of sulfonamides is 1. The summed E-state index contributed by atoms with van der Waals surface area (Å²) in [5.74, 6) is 0. The van der Waals surface area contributed by atoms with Gasteiger partial charge in [0, 0.05) is 17.6 Å². The minimum absolute atomic E-state index is 0.0198. The number of aromatic nitrogens is 2. The first-order chi connectivity index (χ1) is 9.31. The quantitative estimate of drug-likeness (QED) is 0.829. The first-order valence-corrected chi connectivity index (χ1v) is 7.68. The Labute approximate surface area is 126 Å². The molecule has 2 aromatic rings. The van der Waals surface area contributed by atoms with E-state index in [0.717, 1.165) is 0 Å². The molecule has 0 aliphatic heterocycles. The van der Waals surface area contributed by atoms with Crippen LogP contribution < -0.4 is 10.5 Å². The minimum Gasteiger partial charge on any atom is -0.389 e. The van der Waals surface area contributed by atoms with E-state index in [1.54, 1.807) is 12.1 Å². The van der Waals surface area contributed by atoms with Gasteiger partial charge in [-0.15, -0.1) is 0 Å². The molecule has 0 saturated heterocycles. The number of hydrogen-bond donors (Lipinski definition) is 2. The van der Waals surface area contributed by atoms with Crippen molar-refractivity contribution in [1.29, 1.82) is 0 Å². The van der Waals surface area contributed by atoms with Crippen molar-refractivity contribution in [3.63, 3.8) is 0 Å². The lowest BCUT2D eigenvalue weighted by atomic mass is 10.2. The molecular weight excluding hydrogens is 320 g/mol. The molecule has 106 valence electrons. The van der Waals surface area contributed by atoms with Gasteiger partial charge < -0.3 is 5.73 Å². The van der Waals surface area contributed by atoms with Crippen LogP contribution in [0.25, 0.3) is 0 Å². The van der Waals surface area contributed by atoms with Gasteiger partial charge in [-0.2, -0.15) is 13.5 Å². The lowest BCUT2D eigenvalue weighted by Crippen LogP contribution is -2.20. The van der Waals surface area contributed by atoms with Crippen molar-refractivity contribution in [2.75, 3.05) is 4.72 Å². The molecule has 0 aliphatic rings. The maximum Gasteiger partial charge on any atom is 0.279 e. The number of aryl methyl sites for hydroxylation is 1. The Bertz CT molecular complexity index is 770. The number of nitrogens with two attached hydrogens (primary N) is 1.